The number of hydrogen-bond acceptors (Lipinski definition) is 4. The minimum Gasteiger partial charge on any atom is -0.483 e. The van der Waals surface area contributed by atoms with Crippen LogP contribution in [0.3, 0.4) is 0 Å². The van der Waals surface area contributed by atoms with Crippen molar-refractivity contribution in [2.75, 3.05) is 11.9 Å². The van der Waals surface area contributed by atoms with Gasteiger partial charge in [0.2, 0.25) is 0 Å². The molecule has 3 aromatic carbocycles. The smallest absolute Gasteiger partial charge is 0.262 e. The Hall–Kier alpha value is -2.45. The molecular weight excluding hydrogens is 519 g/mol. The molecule has 0 aliphatic rings. The number of nitrogens with zero attached hydrogens (tertiary/aromatic N) is 1. The largest absolute Gasteiger partial charge is 0.483 e. The molecule has 4 nitrogen and oxygen atoms in total. The summed E-state index contributed by atoms with van der Waals surface area (Å²) in [6.45, 7) is 6.21. The Morgan fingerprint density at radius 2 is 1.94 bits per heavy atom. The lowest BCUT2D eigenvalue weighted by Crippen LogP contribution is -2.21. The van der Waals surface area contributed by atoms with Crippen LogP contribution in [-0.4, -0.2) is 17.5 Å². The maximum absolute atomic E-state index is 12.7. The van der Waals surface area contributed by atoms with Crippen LogP contribution < -0.4 is 10.1 Å². The zero-order chi connectivity index (χ0) is 22.0. The second-order valence-corrected chi connectivity index (χ2v) is 9.99. The van der Waals surface area contributed by atoms with Gasteiger partial charge in [-0.25, -0.2) is 4.98 Å². The number of halogens is 1. The first-order chi connectivity index (χ1) is 14.9. The van der Waals surface area contributed by atoms with Gasteiger partial charge in [0.15, 0.2) is 6.61 Å². The molecular formula is C25H23IN2O2S. The molecule has 0 saturated heterocycles. The Kier molecular flexibility index (Phi) is 6.57. The molecule has 158 valence electrons. The van der Waals surface area contributed by atoms with Gasteiger partial charge in [0, 0.05) is 9.13 Å². The number of hydrogen-bond donors (Lipinski definition) is 1. The lowest BCUT2D eigenvalue weighted by molar-refractivity contribution is -0.118. The lowest BCUT2D eigenvalue weighted by atomic mass is 10.0. The minimum atomic E-state index is -0.195. The van der Waals surface area contributed by atoms with Gasteiger partial charge in [0.1, 0.15) is 10.8 Å². The van der Waals surface area contributed by atoms with Gasteiger partial charge in [0.25, 0.3) is 5.91 Å². The van der Waals surface area contributed by atoms with E-state index in [-0.39, 0.29) is 12.5 Å². The van der Waals surface area contributed by atoms with Gasteiger partial charge >= 0.3 is 0 Å². The van der Waals surface area contributed by atoms with Gasteiger partial charge in [0.05, 0.1) is 15.9 Å². The van der Waals surface area contributed by atoms with Crippen molar-refractivity contribution in [3.8, 4) is 16.3 Å². The minimum absolute atomic E-state index is 0.0472. The molecule has 0 atom stereocenters. The summed E-state index contributed by atoms with van der Waals surface area (Å²) in [7, 11) is 0. The van der Waals surface area contributed by atoms with Crippen LogP contribution in [-0.2, 0) is 4.79 Å². The summed E-state index contributed by atoms with van der Waals surface area (Å²) in [6, 6.07) is 20.1. The summed E-state index contributed by atoms with van der Waals surface area (Å²) in [5.74, 6) is 0.888. The number of para-hydroxylation sites is 1. The molecule has 1 aromatic heterocycles. The monoisotopic (exact) mass is 542 g/mol. The Labute approximate surface area is 199 Å². The molecule has 1 amide bonds. The third kappa shape index (κ3) is 5.07. The highest BCUT2D eigenvalue weighted by molar-refractivity contribution is 14.1. The number of thiazole rings is 1. The SMILES string of the molecule is Cc1ccc(C(C)C)c(OCC(=O)Nc2ccc(I)cc2-c2nc3ccccc3s2)c1. The second kappa shape index (κ2) is 9.36. The average Bonchev–Trinajstić information content (AvgIpc) is 3.17. The molecule has 31 heavy (non-hydrogen) atoms. The third-order valence-corrected chi connectivity index (χ3v) is 6.67. The van der Waals surface area contributed by atoms with Crippen molar-refractivity contribution in [2.24, 2.45) is 0 Å². The van der Waals surface area contributed by atoms with Gasteiger partial charge in [-0.2, -0.15) is 0 Å². The van der Waals surface area contributed by atoms with Crippen molar-refractivity contribution in [3.05, 3.63) is 75.4 Å². The van der Waals surface area contributed by atoms with E-state index in [1.54, 1.807) is 11.3 Å². The van der Waals surface area contributed by atoms with E-state index in [2.05, 4.69) is 60.0 Å². The van der Waals surface area contributed by atoms with E-state index in [1.807, 2.05) is 49.4 Å². The maximum Gasteiger partial charge on any atom is 0.262 e. The van der Waals surface area contributed by atoms with Crippen LogP contribution in [0.1, 0.15) is 30.9 Å². The summed E-state index contributed by atoms with van der Waals surface area (Å²) in [5, 5.41) is 3.90. The van der Waals surface area contributed by atoms with Crippen LogP contribution in [0.2, 0.25) is 0 Å². The molecule has 0 unspecified atom stereocenters. The van der Waals surface area contributed by atoms with E-state index < -0.39 is 0 Å². The van der Waals surface area contributed by atoms with Crippen LogP contribution in [0, 0.1) is 10.5 Å². The molecule has 4 aromatic rings. The Bertz CT molecular complexity index is 1220. The number of rotatable bonds is 6. The molecule has 0 radical (unpaired) electrons. The number of ether oxygens (including phenoxy) is 1. The molecule has 0 saturated carbocycles. The number of amides is 1. The number of aromatic nitrogens is 1. The highest BCUT2D eigenvalue weighted by atomic mass is 127. The zero-order valence-corrected chi connectivity index (χ0v) is 20.6. The van der Waals surface area contributed by atoms with Crippen LogP contribution in [0.4, 0.5) is 5.69 Å². The number of carbonyl (C=O) groups excluding carboxylic acids is 1. The standard InChI is InChI=1S/C25H23IN2O2S/c1-15(2)18-10-8-16(3)12-22(18)30-14-24(29)27-20-11-9-17(26)13-19(20)25-28-21-6-4-5-7-23(21)31-25/h4-13,15H,14H2,1-3H3,(H,27,29). The molecule has 0 spiro atoms. The fraction of sp³-hybridized carbons (Fsp3) is 0.200. The highest BCUT2D eigenvalue weighted by Gasteiger charge is 2.15. The summed E-state index contributed by atoms with van der Waals surface area (Å²) in [5.41, 5.74) is 4.82. The first kappa shape index (κ1) is 21.8. The normalized spacial score (nSPS) is 11.1. The van der Waals surface area contributed by atoms with Crippen molar-refractivity contribution in [1.82, 2.24) is 4.98 Å². The Morgan fingerprint density at radius 1 is 1.13 bits per heavy atom. The zero-order valence-electron chi connectivity index (χ0n) is 17.6. The fourth-order valence-corrected chi connectivity index (χ4v) is 4.85. The number of nitrogens with one attached hydrogen (secondary N) is 1. The van der Waals surface area contributed by atoms with Gasteiger partial charge in [-0.3, -0.25) is 4.79 Å². The topological polar surface area (TPSA) is 51.2 Å². The van der Waals surface area contributed by atoms with Gasteiger partial charge in [-0.1, -0.05) is 38.1 Å². The lowest BCUT2D eigenvalue weighted by Gasteiger charge is -2.15. The van der Waals surface area contributed by atoms with E-state index in [0.29, 0.717) is 5.92 Å². The van der Waals surface area contributed by atoms with Gasteiger partial charge in [-0.15, -0.1) is 11.3 Å². The van der Waals surface area contributed by atoms with E-state index in [0.717, 1.165) is 46.9 Å². The molecule has 0 bridgehead atoms. The second-order valence-electron chi connectivity index (χ2n) is 7.71. The highest BCUT2D eigenvalue weighted by Crippen LogP contribution is 2.35. The van der Waals surface area contributed by atoms with Crippen LogP contribution in [0.5, 0.6) is 5.75 Å². The van der Waals surface area contributed by atoms with E-state index in [1.165, 1.54) is 0 Å². The van der Waals surface area contributed by atoms with Crippen LogP contribution in [0.15, 0.2) is 60.7 Å². The Balaban J connectivity index is 1.55. The number of aryl methyl sites for hydroxylation is 1. The number of anilines is 1. The van der Waals surface area contributed by atoms with Crippen molar-refractivity contribution in [2.45, 2.75) is 26.7 Å². The molecule has 1 heterocycles. The summed E-state index contributed by atoms with van der Waals surface area (Å²) >= 11 is 3.90. The molecule has 6 heteroatoms. The quantitative estimate of drug-likeness (QED) is 0.267. The van der Waals surface area contributed by atoms with Crippen molar-refractivity contribution < 1.29 is 9.53 Å². The number of fused-ring (bicyclic) bond motifs is 1. The maximum atomic E-state index is 12.7. The average molecular weight is 542 g/mol. The molecule has 0 aliphatic carbocycles. The predicted octanol–water partition coefficient (Wildman–Crippen LogP) is 7.02. The molecule has 0 aliphatic heterocycles. The molecule has 1 N–H and O–H groups in total. The third-order valence-electron chi connectivity index (χ3n) is 4.93. The first-order valence-electron chi connectivity index (χ1n) is 10.1. The van der Waals surface area contributed by atoms with Crippen LogP contribution >= 0.6 is 33.9 Å². The van der Waals surface area contributed by atoms with Gasteiger partial charge in [-0.05, 0) is 83.0 Å². The van der Waals surface area contributed by atoms with E-state index in [9.17, 15) is 4.79 Å². The van der Waals surface area contributed by atoms with E-state index >= 15 is 0 Å². The fourth-order valence-electron chi connectivity index (χ4n) is 3.36. The summed E-state index contributed by atoms with van der Waals surface area (Å²) in [4.78, 5) is 17.5. The molecule has 0 fully saturated rings. The van der Waals surface area contributed by atoms with Crippen molar-refractivity contribution in [1.29, 1.82) is 0 Å². The summed E-state index contributed by atoms with van der Waals surface area (Å²) in [6.07, 6.45) is 0. The van der Waals surface area contributed by atoms with Crippen molar-refractivity contribution in [3.63, 3.8) is 0 Å². The van der Waals surface area contributed by atoms with E-state index in [4.69, 9.17) is 9.72 Å². The molecule has 4 rings (SSSR count). The first-order valence-corrected chi connectivity index (χ1v) is 12.0. The van der Waals surface area contributed by atoms with Gasteiger partial charge < -0.3 is 10.1 Å². The number of benzene rings is 3. The number of carbonyl (C=O) groups is 1. The predicted molar refractivity (Wildman–Crippen MR) is 137 cm³/mol. The summed E-state index contributed by atoms with van der Waals surface area (Å²) < 4.78 is 8.11. The van der Waals surface area contributed by atoms with Crippen LogP contribution in [0.25, 0.3) is 20.8 Å². The Morgan fingerprint density at radius 3 is 2.71 bits per heavy atom. The van der Waals surface area contributed by atoms with Crippen molar-refractivity contribution >= 4 is 55.7 Å².